The molecule has 0 saturated heterocycles. The Bertz CT molecular complexity index is 1910. The van der Waals surface area contributed by atoms with Crippen LogP contribution >= 0.6 is 23.1 Å². The molecule has 0 fully saturated rings. The number of ether oxygens (including phenoxy) is 2. The van der Waals surface area contributed by atoms with Crippen LogP contribution in [0.4, 0.5) is 24.5 Å². The van der Waals surface area contributed by atoms with E-state index in [4.69, 9.17) is 25.6 Å². The largest absolute Gasteiger partial charge is 0.454 e. The fourth-order valence-electron chi connectivity index (χ4n) is 3.71. The second-order valence-corrected chi connectivity index (χ2v) is 12.5. The number of halogens is 3. The van der Waals surface area contributed by atoms with Gasteiger partial charge in [0.1, 0.15) is 28.4 Å². The van der Waals surface area contributed by atoms with Crippen LogP contribution in [0.2, 0.25) is 5.02 Å². The number of sulfonamides is 1. The minimum Gasteiger partial charge on any atom is -0.454 e. The van der Waals surface area contributed by atoms with E-state index in [9.17, 15) is 17.6 Å². The molecule has 11 nitrogen and oxygen atoms in total. The van der Waals surface area contributed by atoms with Gasteiger partial charge in [0.2, 0.25) is 5.13 Å². The van der Waals surface area contributed by atoms with Crippen molar-refractivity contribution in [2.24, 2.45) is 0 Å². The Morgan fingerprint density at radius 2 is 1.83 bits per heavy atom. The van der Waals surface area contributed by atoms with Crippen molar-refractivity contribution in [3.05, 3.63) is 71.5 Å². The maximum Gasteiger partial charge on any atom is 0.413 e. The summed E-state index contributed by atoms with van der Waals surface area (Å²) in [4.78, 5) is 15.0. The van der Waals surface area contributed by atoms with E-state index < -0.39 is 44.0 Å². The third kappa shape index (κ3) is 6.42. The molecule has 2 heterocycles. The van der Waals surface area contributed by atoms with Gasteiger partial charge in [0.25, 0.3) is 10.0 Å². The summed E-state index contributed by atoms with van der Waals surface area (Å²) in [6.07, 6.45) is 0.371. The van der Waals surface area contributed by atoms with Gasteiger partial charge in [-0.3, -0.25) is 10.0 Å². The van der Waals surface area contributed by atoms with Crippen molar-refractivity contribution in [2.45, 2.75) is 31.3 Å². The van der Waals surface area contributed by atoms with E-state index >= 15 is 4.39 Å². The molecule has 16 heteroatoms. The van der Waals surface area contributed by atoms with Crippen LogP contribution in [-0.2, 0) is 14.8 Å². The van der Waals surface area contributed by atoms with Gasteiger partial charge in [-0.25, -0.2) is 27.0 Å². The van der Waals surface area contributed by atoms with Gasteiger partial charge < -0.3 is 14.0 Å². The van der Waals surface area contributed by atoms with Crippen LogP contribution in [0.5, 0.6) is 11.5 Å². The van der Waals surface area contributed by atoms with E-state index in [1.165, 1.54) is 18.2 Å². The molecule has 0 saturated carbocycles. The first kappa shape index (κ1) is 29.2. The maximum atomic E-state index is 15.1. The second-order valence-electron chi connectivity index (χ2n) is 9.68. The van der Waals surface area contributed by atoms with Crippen LogP contribution in [0.25, 0.3) is 22.1 Å². The molecule has 2 N–H and O–H groups in total. The predicted octanol–water partition coefficient (Wildman–Crippen LogP) is 7.22. The Morgan fingerprint density at radius 1 is 1.05 bits per heavy atom. The fourth-order valence-corrected chi connectivity index (χ4v) is 5.62. The van der Waals surface area contributed by atoms with Crippen molar-refractivity contribution in [2.75, 3.05) is 10.0 Å². The average molecular weight is 636 g/mol. The van der Waals surface area contributed by atoms with Crippen molar-refractivity contribution in [1.82, 2.24) is 14.5 Å². The first-order valence-electron chi connectivity index (χ1n) is 11.9. The lowest BCUT2D eigenvalue weighted by molar-refractivity contribution is 0.0634. The highest BCUT2D eigenvalue weighted by molar-refractivity contribution is 7.93. The smallest absolute Gasteiger partial charge is 0.413 e. The minimum atomic E-state index is -4.50. The van der Waals surface area contributed by atoms with Crippen molar-refractivity contribution >= 4 is 61.2 Å². The molecule has 0 bridgehead atoms. The van der Waals surface area contributed by atoms with E-state index in [-0.39, 0.29) is 16.7 Å². The molecule has 1 amide bonds. The number of carbonyl (C=O) groups excluding carboxylic acids is 1. The number of nitrogens with zero attached hydrogens (tertiary/aromatic N) is 3. The molecule has 0 spiro atoms. The topological polar surface area (TPSA) is 146 Å². The lowest BCUT2D eigenvalue weighted by Crippen LogP contribution is -2.27. The zero-order valence-corrected chi connectivity index (χ0v) is 24.3. The number of nitrogens with one attached hydrogen (secondary N) is 2. The van der Waals surface area contributed by atoms with Crippen LogP contribution in [0.15, 0.2) is 64.3 Å². The van der Waals surface area contributed by atoms with E-state index in [1.54, 1.807) is 39.0 Å². The molecule has 2 aromatic heterocycles. The van der Waals surface area contributed by atoms with Gasteiger partial charge in [-0.2, -0.15) is 4.37 Å². The quantitative estimate of drug-likeness (QED) is 0.189. The Labute approximate surface area is 246 Å². The molecular formula is C26H20ClF2N5O6S2. The molecule has 0 radical (unpaired) electrons. The Kier molecular flexibility index (Phi) is 7.74. The van der Waals surface area contributed by atoms with Crippen LogP contribution in [-0.4, -0.2) is 34.6 Å². The standard InChI is InChI=1S/C26H20ClF2N5O6S2/c1-26(2,3)39-25(35)32-23-16-8-13(4-6-20(16)40-33-23)15-9-14(27)5-7-19(15)38-21-10-18(29)22(11-17(21)28)42(36,37)34-24-30-12-31-41-24/h4-12H,1-3H3,(H,30,31,34)(H,32,33,35). The second kappa shape index (κ2) is 11.2. The zero-order valence-electron chi connectivity index (χ0n) is 21.9. The van der Waals surface area contributed by atoms with Crippen LogP contribution in [0.1, 0.15) is 20.8 Å². The van der Waals surface area contributed by atoms with Crippen LogP contribution in [0, 0.1) is 11.6 Å². The van der Waals surface area contributed by atoms with Crippen molar-refractivity contribution in [1.29, 1.82) is 0 Å². The van der Waals surface area contributed by atoms with Crippen molar-refractivity contribution in [3.8, 4) is 22.6 Å². The molecule has 5 rings (SSSR count). The van der Waals surface area contributed by atoms with E-state index in [0.717, 1.165) is 17.9 Å². The molecule has 218 valence electrons. The SMILES string of the molecule is CC(C)(C)OC(=O)Nc1noc2ccc(-c3cc(Cl)ccc3Oc3cc(F)c(S(=O)(=O)Nc4ncns4)cc3F)cc12. The van der Waals surface area contributed by atoms with E-state index in [2.05, 4.69) is 19.8 Å². The van der Waals surface area contributed by atoms with E-state index in [0.29, 0.717) is 39.3 Å². The normalized spacial score (nSPS) is 11.9. The van der Waals surface area contributed by atoms with Gasteiger partial charge in [-0.15, -0.1) is 0 Å². The Balaban J connectivity index is 1.47. The van der Waals surface area contributed by atoms with Gasteiger partial charge in [0.15, 0.2) is 23.0 Å². The van der Waals surface area contributed by atoms with E-state index in [1.807, 2.05) is 4.72 Å². The highest BCUT2D eigenvalue weighted by atomic mass is 35.5. The summed E-state index contributed by atoms with van der Waals surface area (Å²) in [6.45, 7) is 5.14. The lowest BCUT2D eigenvalue weighted by Gasteiger charge is -2.19. The van der Waals surface area contributed by atoms with Crippen LogP contribution < -0.4 is 14.8 Å². The van der Waals surface area contributed by atoms with Gasteiger partial charge in [-0.05, 0) is 56.7 Å². The summed E-state index contributed by atoms with van der Waals surface area (Å²) in [5, 5.41) is 7.03. The summed E-state index contributed by atoms with van der Waals surface area (Å²) in [5.74, 6) is -2.82. The zero-order chi connectivity index (χ0) is 30.2. The summed E-state index contributed by atoms with van der Waals surface area (Å²) in [6, 6.07) is 10.4. The first-order valence-corrected chi connectivity index (χ1v) is 14.6. The maximum absolute atomic E-state index is 15.1. The summed E-state index contributed by atoms with van der Waals surface area (Å²) in [5.41, 5.74) is 0.468. The molecule has 0 aliphatic carbocycles. The lowest BCUT2D eigenvalue weighted by atomic mass is 10.0. The van der Waals surface area contributed by atoms with Gasteiger partial charge in [0, 0.05) is 34.3 Å². The molecule has 42 heavy (non-hydrogen) atoms. The molecule has 5 aromatic rings. The number of aromatic nitrogens is 3. The molecule has 0 aliphatic heterocycles. The molecule has 0 aliphatic rings. The highest BCUT2D eigenvalue weighted by Crippen LogP contribution is 2.39. The van der Waals surface area contributed by atoms with Gasteiger partial charge in [-0.1, -0.05) is 22.8 Å². The van der Waals surface area contributed by atoms with Gasteiger partial charge in [0.05, 0.1) is 5.39 Å². The fraction of sp³-hybridized carbons (Fsp3) is 0.154. The predicted molar refractivity (Wildman–Crippen MR) is 151 cm³/mol. The summed E-state index contributed by atoms with van der Waals surface area (Å²) >= 11 is 6.96. The molecule has 0 unspecified atom stereocenters. The van der Waals surface area contributed by atoms with Crippen LogP contribution in [0.3, 0.4) is 0 Å². The average Bonchev–Trinajstić information content (AvgIpc) is 3.55. The number of benzene rings is 3. The van der Waals surface area contributed by atoms with Crippen molar-refractivity contribution < 1.29 is 36.0 Å². The number of anilines is 2. The Hall–Kier alpha value is -4.34. The monoisotopic (exact) mass is 635 g/mol. The summed E-state index contributed by atoms with van der Waals surface area (Å²) < 4.78 is 77.2. The third-order valence-corrected chi connectivity index (χ3v) is 7.72. The number of amides is 1. The van der Waals surface area contributed by atoms with Crippen molar-refractivity contribution in [3.63, 3.8) is 0 Å². The van der Waals surface area contributed by atoms with Gasteiger partial charge >= 0.3 is 6.09 Å². The summed E-state index contributed by atoms with van der Waals surface area (Å²) in [7, 11) is -4.50. The minimum absolute atomic E-state index is 0.0674. The number of rotatable bonds is 7. The molecule has 0 atom stereocenters. The first-order chi connectivity index (χ1) is 19.8. The molecular weight excluding hydrogens is 616 g/mol. The number of fused-ring (bicyclic) bond motifs is 1. The Morgan fingerprint density at radius 3 is 2.55 bits per heavy atom. The third-order valence-electron chi connectivity index (χ3n) is 5.42. The number of hydrogen-bond donors (Lipinski definition) is 2. The number of carbonyl (C=O) groups is 1. The highest BCUT2D eigenvalue weighted by Gasteiger charge is 2.25. The number of hydrogen-bond acceptors (Lipinski definition) is 10. The molecule has 3 aromatic carbocycles.